The van der Waals surface area contributed by atoms with Crippen molar-refractivity contribution < 1.29 is 26.3 Å². The minimum absolute atomic E-state index is 0.171. The minimum atomic E-state index is -5.54. The smallest absolute Gasteiger partial charge is 0.192 e. The second kappa shape index (κ2) is 9.59. The molecule has 0 aliphatic rings. The zero-order valence-corrected chi connectivity index (χ0v) is 17.1. The van der Waals surface area contributed by atoms with Crippen LogP contribution in [0.25, 0.3) is 11.1 Å². The van der Waals surface area contributed by atoms with Crippen molar-refractivity contribution in [2.75, 3.05) is 0 Å². The van der Waals surface area contributed by atoms with E-state index >= 15 is 0 Å². The monoisotopic (exact) mass is 491 g/mol. The van der Waals surface area contributed by atoms with E-state index in [1.807, 2.05) is 0 Å². The standard InChI is InChI=1S/C23H3F6N7/c24-22(25,26)19-3-11(4-30)21(23(27,28)29)20(18(19)10-36)17(9-35)14-2-1-13(12(5-31)6-32)15(7-33)16(14)8-34/h1-3H/b17-14+. The van der Waals surface area contributed by atoms with E-state index in [0.717, 1.165) is 24.3 Å². The summed E-state index contributed by atoms with van der Waals surface area (Å²) in [7, 11) is 0. The van der Waals surface area contributed by atoms with Crippen LogP contribution in [-0.2, 0) is 12.4 Å². The van der Waals surface area contributed by atoms with Crippen molar-refractivity contribution in [2.45, 2.75) is 12.4 Å². The Morgan fingerprint density at radius 2 is 1.11 bits per heavy atom. The molecule has 0 radical (unpaired) electrons. The van der Waals surface area contributed by atoms with Gasteiger partial charge < -0.3 is 0 Å². The summed E-state index contributed by atoms with van der Waals surface area (Å²) in [6.07, 6.45) is -11.0. The summed E-state index contributed by atoms with van der Waals surface area (Å²) >= 11 is 0. The van der Waals surface area contributed by atoms with Crippen molar-refractivity contribution >= 4 is 11.1 Å². The van der Waals surface area contributed by atoms with Crippen LogP contribution in [0.1, 0.15) is 38.9 Å². The molecule has 0 unspecified atom stereocenters. The molecule has 2 rings (SSSR count). The van der Waals surface area contributed by atoms with E-state index in [1.54, 1.807) is 0 Å². The van der Waals surface area contributed by atoms with Crippen LogP contribution in [0.2, 0.25) is 0 Å². The van der Waals surface area contributed by atoms with Crippen LogP contribution in [0, 0.1) is 79.3 Å². The van der Waals surface area contributed by atoms with Crippen LogP contribution < -0.4 is 10.4 Å². The molecule has 0 bridgehead atoms. The fourth-order valence-electron chi connectivity index (χ4n) is 3.30. The first-order valence-corrected chi connectivity index (χ1v) is 8.94. The predicted octanol–water partition coefficient (Wildman–Crippen LogP) is 3.13. The fourth-order valence-corrected chi connectivity index (χ4v) is 3.30. The second-order valence-corrected chi connectivity index (χ2v) is 6.54. The van der Waals surface area contributed by atoms with E-state index in [4.69, 9.17) is 15.8 Å². The van der Waals surface area contributed by atoms with E-state index in [2.05, 4.69) is 0 Å². The summed E-state index contributed by atoms with van der Waals surface area (Å²) in [6, 6.07) is 10.4. The minimum Gasteiger partial charge on any atom is -0.192 e. The van der Waals surface area contributed by atoms with Gasteiger partial charge in [-0.05, 0) is 6.07 Å². The van der Waals surface area contributed by atoms with Crippen LogP contribution >= 0.6 is 0 Å². The lowest BCUT2D eigenvalue weighted by Gasteiger charge is -2.19. The molecule has 0 aliphatic heterocycles. The Morgan fingerprint density at radius 3 is 1.50 bits per heavy atom. The molecule has 0 spiro atoms. The maximum Gasteiger partial charge on any atom is 0.418 e. The Kier molecular flexibility index (Phi) is 7.04. The lowest BCUT2D eigenvalue weighted by molar-refractivity contribution is -0.141. The largest absolute Gasteiger partial charge is 0.418 e. The van der Waals surface area contributed by atoms with Crippen molar-refractivity contribution in [1.29, 1.82) is 36.8 Å². The van der Waals surface area contributed by atoms with Crippen molar-refractivity contribution in [3.05, 3.63) is 67.6 Å². The average molecular weight is 491 g/mol. The maximum atomic E-state index is 14.0. The van der Waals surface area contributed by atoms with Crippen LogP contribution in [0.4, 0.5) is 26.3 Å². The predicted molar refractivity (Wildman–Crippen MR) is 104 cm³/mol. The van der Waals surface area contributed by atoms with Crippen molar-refractivity contribution in [3.8, 4) is 42.5 Å². The molecule has 0 aromatic heterocycles. The number of alkyl halides is 6. The number of hydrogen-bond acceptors (Lipinski definition) is 7. The molecule has 2 aromatic rings. The SMILES string of the molecule is N#CC(C#N)=c1cc/c(=C(/C#N)c2c(C#N)c(C(F)(F)F)cc(C#N)c2C(F)(F)F)c(C#N)c1C#N. The highest BCUT2D eigenvalue weighted by molar-refractivity contribution is 5.86. The van der Waals surface area contributed by atoms with Gasteiger partial charge in [0.1, 0.15) is 42.0 Å². The van der Waals surface area contributed by atoms with E-state index in [0.29, 0.717) is 0 Å². The molecule has 0 fully saturated rings. The maximum absolute atomic E-state index is 14.0. The summed E-state index contributed by atoms with van der Waals surface area (Å²) < 4.78 is 82.8. The Labute approximate surface area is 197 Å². The zero-order chi connectivity index (χ0) is 27.4. The molecule has 2 aromatic carbocycles. The first-order chi connectivity index (χ1) is 16.9. The summed E-state index contributed by atoms with van der Waals surface area (Å²) in [4.78, 5) is 0. The summed E-state index contributed by atoms with van der Waals surface area (Å²) in [6.45, 7) is 0. The van der Waals surface area contributed by atoms with Gasteiger partial charge in [-0.2, -0.15) is 63.2 Å². The molecule has 0 N–H and O–H groups in total. The lowest BCUT2D eigenvalue weighted by Crippen LogP contribution is -2.25. The van der Waals surface area contributed by atoms with Gasteiger partial charge in [0.05, 0.1) is 45.0 Å². The fraction of sp³-hybridized carbons (Fsp3) is 0.0870. The number of hydrogen-bond donors (Lipinski definition) is 0. The van der Waals surface area contributed by atoms with E-state index in [-0.39, 0.29) is 6.07 Å². The molecule has 36 heavy (non-hydrogen) atoms. The zero-order valence-electron chi connectivity index (χ0n) is 17.1. The summed E-state index contributed by atoms with van der Waals surface area (Å²) in [5.41, 5.74) is -12.3. The Bertz CT molecular complexity index is 1720. The highest BCUT2D eigenvalue weighted by Gasteiger charge is 2.44. The van der Waals surface area contributed by atoms with Crippen molar-refractivity contribution in [1.82, 2.24) is 0 Å². The first-order valence-electron chi connectivity index (χ1n) is 8.94. The highest BCUT2D eigenvalue weighted by atomic mass is 19.4. The number of benzene rings is 2. The Balaban J connectivity index is 3.51. The molecule has 7 nitrogen and oxygen atoms in total. The van der Waals surface area contributed by atoms with Gasteiger partial charge in [-0.3, -0.25) is 0 Å². The van der Waals surface area contributed by atoms with Crippen LogP contribution in [0.3, 0.4) is 0 Å². The van der Waals surface area contributed by atoms with E-state index in [1.165, 1.54) is 30.3 Å². The molecule has 0 aliphatic carbocycles. The van der Waals surface area contributed by atoms with Gasteiger partial charge in [0, 0.05) is 16.0 Å². The molecule has 0 saturated carbocycles. The summed E-state index contributed by atoms with van der Waals surface area (Å²) in [5, 5.41) is 64.3. The van der Waals surface area contributed by atoms with Crippen LogP contribution in [0.15, 0.2) is 18.2 Å². The van der Waals surface area contributed by atoms with Gasteiger partial charge in [-0.25, -0.2) is 0 Å². The number of rotatable bonds is 1. The van der Waals surface area contributed by atoms with Crippen molar-refractivity contribution in [3.63, 3.8) is 0 Å². The number of nitriles is 7. The highest BCUT2D eigenvalue weighted by Crippen LogP contribution is 2.43. The molecule has 0 heterocycles. The molecular formula is C23H3F6N7. The Morgan fingerprint density at radius 1 is 0.611 bits per heavy atom. The second-order valence-electron chi connectivity index (χ2n) is 6.54. The van der Waals surface area contributed by atoms with Gasteiger partial charge in [0.25, 0.3) is 0 Å². The normalized spacial score (nSPS) is 11.3. The van der Waals surface area contributed by atoms with E-state index < -0.39 is 72.9 Å². The Hall–Kier alpha value is -5.81. The molecule has 172 valence electrons. The third-order valence-electron chi connectivity index (χ3n) is 4.70. The van der Waals surface area contributed by atoms with E-state index in [9.17, 15) is 47.4 Å². The molecular weight excluding hydrogens is 488 g/mol. The quantitative estimate of drug-likeness (QED) is 0.552. The molecule has 0 saturated heterocycles. The van der Waals surface area contributed by atoms with Gasteiger partial charge in [-0.15, -0.1) is 0 Å². The molecule has 13 heteroatoms. The molecule has 0 atom stereocenters. The average Bonchev–Trinajstić information content (AvgIpc) is 2.83. The number of nitrogens with zero attached hydrogens (tertiary/aromatic N) is 7. The lowest BCUT2D eigenvalue weighted by atomic mass is 9.85. The van der Waals surface area contributed by atoms with Gasteiger partial charge in [-0.1, -0.05) is 12.1 Å². The third-order valence-corrected chi connectivity index (χ3v) is 4.70. The van der Waals surface area contributed by atoms with Crippen LogP contribution in [0.5, 0.6) is 0 Å². The van der Waals surface area contributed by atoms with Crippen molar-refractivity contribution in [2.24, 2.45) is 0 Å². The van der Waals surface area contributed by atoms with Crippen LogP contribution in [-0.4, -0.2) is 0 Å². The third kappa shape index (κ3) is 4.35. The number of halogens is 6. The topological polar surface area (TPSA) is 167 Å². The molecule has 0 amide bonds. The van der Waals surface area contributed by atoms with Gasteiger partial charge in [0.2, 0.25) is 0 Å². The van der Waals surface area contributed by atoms with Gasteiger partial charge in [0.15, 0.2) is 0 Å². The van der Waals surface area contributed by atoms with Gasteiger partial charge >= 0.3 is 12.4 Å². The first kappa shape index (κ1) is 26.4. The summed E-state index contributed by atoms with van der Waals surface area (Å²) in [5.74, 6) is 0.